The molecule has 2 aromatic rings. The van der Waals surface area contributed by atoms with Crippen LogP contribution in [0.5, 0.6) is 23.0 Å². The normalized spacial score (nSPS) is 11.6. The maximum absolute atomic E-state index is 12.9. The number of ether oxygens (including phenoxy) is 4. The minimum atomic E-state index is -0.622. The first-order chi connectivity index (χ1) is 14.7. The molecule has 0 aliphatic carbocycles. The number of carbonyl (C=O) groups excluding carboxylic acids is 1. The second-order valence-electron chi connectivity index (χ2n) is 6.98. The average Bonchev–Trinajstić information content (AvgIpc) is 2.73. The highest BCUT2D eigenvalue weighted by atomic mass is 16.6. The maximum Gasteiger partial charge on any atom is 0.286 e. The summed E-state index contributed by atoms with van der Waals surface area (Å²) in [7, 11) is 2.94. The van der Waals surface area contributed by atoms with E-state index in [1.807, 2.05) is 13.8 Å². The first-order valence-electron chi connectivity index (χ1n) is 9.86. The first-order valence-corrected chi connectivity index (χ1v) is 9.86. The quantitative estimate of drug-likeness (QED) is 0.441. The van der Waals surface area contributed by atoms with Crippen molar-refractivity contribution in [1.29, 1.82) is 0 Å². The van der Waals surface area contributed by atoms with Crippen molar-refractivity contribution in [2.75, 3.05) is 20.8 Å². The molecule has 1 unspecified atom stereocenters. The van der Waals surface area contributed by atoms with E-state index in [0.29, 0.717) is 18.1 Å². The Morgan fingerprint density at radius 3 is 2.23 bits per heavy atom. The number of rotatable bonds is 10. The van der Waals surface area contributed by atoms with Crippen LogP contribution in [0.4, 0.5) is 5.69 Å². The predicted molar refractivity (Wildman–Crippen MR) is 115 cm³/mol. The fraction of sp³-hybridized carbons (Fsp3) is 0.409. The molecule has 0 heterocycles. The van der Waals surface area contributed by atoms with Gasteiger partial charge in [0.25, 0.3) is 11.6 Å². The largest absolute Gasteiger partial charge is 0.493 e. The van der Waals surface area contributed by atoms with E-state index in [-0.39, 0.29) is 28.9 Å². The molecule has 9 heteroatoms. The Bertz CT molecular complexity index is 944. The molecule has 0 saturated carbocycles. The number of hydrogen-bond donors (Lipinski definition) is 1. The summed E-state index contributed by atoms with van der Waals surface area (Å²) in [6.07, 6.45) is -0.0212. The molecular formula is C22H28N2O7. The highest BCUT2D eigenvalue weighted by Gasteiger charge is 2.26. The molecule has 0 fully saturated rings. The summed E-state index contributed by atoms with van der Waals surface area (Å²) in [4.78, 5) is 23.8. The van der Waals surface area contributed by atoms with Gasteiger partial charge in [-0.15, -0.1) is 0 Å². The van der Waals surface area contributed by atoms with Crippen molar-refractivity contribution in [2.45, 2.75) is 39.8 Å². The summed E-state index contributed by atoms with van der Waals surface area (Å²) in [5, 5.41) is 14.3. The topological polar surface area (TPSA) is 109 Å². The van der Waals surface area contributed by atoms with Crippen LogP contribution in [-0.2, 0) is 0 Å². The van der Waals surface area contributed by atoms with Crippen molar-refractivity contribution < 1.29 is 28.7 Å². The van der Waals surface area contributed by atoms with Gasteiger partial charge < -0.3 is 24.3 Å². The lowest BCUT2D eigenvalue weighted by Crippen LogP contribution is -2.27. The minimum Gasteiger partial charge on any atom is -0.493 e. The van der Waals surface area contributed by atoms with E-state index in [9.17, 15) is 14.9 Å². The van der Waals surface area contributed by atoms with Gasteiger partial charge in [-0.05, 0) is 45.4 Å². The molecule has 0 spiro atoms. The molecule has 0 aliphatic heterocycles. The highest BCUT2D eigenvalue weighted by Crippen LogP contribution is 2.35. The van der Waals surface area contributed by atoms with Gasteiger partial charge in [0.15, 0.2) is 23.0 Å². The summed E-state index contributed by atoms with van der Waals surface area (Å²) in [6.45, 7) is 7.64. The van der Waals surface area contributed by atoms with Crippen LogP contribution in [-0.4, -0.2) is 37.8 Å². The van der Waals surface area contributed by atoms with Gasteiger partial charge in [-0.2, -0.15) is 0 Å². The Morgan fingerprint density at radius 2 is 1.68 bits per heavy atom. The third kappa shape index (κ3) is 5.78. The molecule has 168 valence electrons. The molecule has 2 rings (SSSR count). The number of nitrogens with zero attached hydrogens (tertiary/aromatic N) is 1. The number of carbonyl (C=O) groups is 1. The van der Waals surface area contributed by atoms with E-state index in [4.69, 9.17) is 18.9 Å². The fourth-order valence-electron chi connectivity index (χ4n) is 2.97. The number of nitro benzene ring substituents is 1. The number of amides is 1. The number of nitro groups is 1. The van der Waals surface area contributed by atoms with Crippen LogP contribution in [0.25, 0.3) is 0 Å². The third-order valence-electron chi connectivity index (χ3n) is 4.42. The number of methoxy groups -OCH3 is 2. The summed E-state index contributed by atoms with van der Waals surface area (Å²) >= 11 is 0. The summed E-state index contributed by atoms with van der Waals surface area (Å²) in [6, 6.07) is 7.38. The molecular weight excluding hydrogens is 404 g/mol. The SMILES string of the molecule is CCOc1cc([N+](=O)[O-])c(C(=O)NC(C)c2ccc(OC(C)C)c(OC)c2)cc1OC. The van der Waals surface area contributed by atoms with Gasteiger partial charge >= 0.3 is 0 Å². The van der Waals surface area contributed by atoms with Crippen molar-refractivity contribution in [3.8, 4) is 23.0 Å². The Morgan fingerprint density at radius 1 is 1.03 bits per heavy atom. The number of benzene rings is 2. The molecule has 1 N–H and O–H groups in total. The molecule has 9 nitrogen and oxygen atoms in total. The lowest BCUT2D eigenvalue weighted by Gasteiger charge is -2.18. The molecule has 1 atom stereocenters. The second kappa shape index (κ2) is 10.5. The zero-order valence-corrected chi connectivity index (χ0v) is 18.6. The van der Waals surface area contributed by atoms with Crippen LogP contribution in [0.1, 0.15) is 49.7 Å². The minimum absolute atomic E-state index is 0.0212. The van der Waals surface area contributed by atoms with Crippen molar-refractivity contribution in [3.05, 3.63) is 51.6 Å². The molecule has 0 saturated heterocycles. The fourth-order valence-corrected chi connectivity index (χ4v) is 2.97. The third-order valence-corrected chi connectivity index (χ3v) is 4.42. The van der Waals surface area contributed by atoms with Gasteiger partial charge in [0.2, 0.25) is 0 Å². The van der Waals surface area contributed by atoms with Crippen LogP contribution in [0.2, 0.25) is 0 Å². The van der Waals surface area contributed by atoms with Gasteiger partial charge in [0.05, 0.1) is 44.0 Å². The van der Waals surface area contributed by atoms with Gasteiger partial charge in [-0.25, -0.2) is 0 Å². The van der Waals surface area contributed by atoms with E-state index in [1.54, 1.807) is 32.0 Å². The van der Waals surface area contributed by atoms with E-state index < -0.39 is 16.9 Å². The Balaban J connectivity index is 2.33. The van der Waals surface area contributed by atoms with E-state index >= 15 is 0 Å². The zero-order valence-electron chi connectivity index (χ0n) is 18.6. The van der Waals surface area contributed by atoms with Crippen LogP contribution < -0.4 is 24.3 Å². The van der Waals surface area contributed by atoms with Crippen LogP contribution in [0.15, 0.2) is 30.3 Å². The van der Waals surface area contributed by atoms with Crippen LogP contribution >= 0.6 is 0 Å². The number of nitrogens with one attached hydrogen (secondary N) is 1. The van der Waals surface area contributed by atoms with Gasteiger partial charge in [-0.3, -0.25) is 14.9 Å². The molecule has 0 aromatic heterocycles. The standard InChI is InChI=1S/C22H28N2O7/c1-7-30-21-12-17(24(26)27)16(11-20(21)29-6)22(25)23-14(4)15-8-9-18(31-13(2)3)19(10-15)28-5/h8-14H,7H2,1-6H3,(H,23,25). The van der Waals surface area contributed by atoms with E-state index in [2.05, 4.69) is 5.32 Å². The van der Waals surface area contributed by atoms with Gasteiger partial charge in [-0.1, -0.05) is 6.07 Å². The molecule has 31 heavy (non-hydrogen) atoms. The highest BCUT2D eigenvalue weighted by molar-refractivity contribution is 5.99. The van der Waals surface area contributed by atoms with Crippen molar-refractivity contribution in [1.82, 2.24) is 5.32 Å². The maximum atomic E-state index is 12.9. The van der Waals surface area contributed by atoms with Crippen molar-refractivity contribution in [2.24, 2.45) is 0 Å². The summed E-state index contributed by atoms with van der Waals surface area (Å²) in [5.74, 6) is 0.948. The first kappa shape index (κ1) is 23.8. The average molecular weight is 432 g/mol. The zero-order chi connectivity index (χ0) is 23.1. The second-order valence-corrected chi connectivity index (χ2v) is 6.98. The van der Waals surface area contributed by atoms with E-state index in [0.717, 1.165) is 5.56 Å². The lowest BCUT2D eigenvalue weighted by atomic mass is 10.1. The van der Waals surface area contributed by atoms with Crippen LogP contribution in [0, 0.1) is 10.1 Å². The van der Waals surface area contributed by atoms with Crippen molar-refractivity contribution in [3.63, 3.8) is 0 Å². The van der Waals surface area contributed by atoms with Gasteiger partial charge in [0.1, 0.15) is 5.56 Å². The van der Waals surface area contributed by atoms with Crippen molar-refractivity contribution >= 4 is 11.6 Å². The molecule has 1 amide bonds. The predicted octanol–water partition coefficient (Wildman–Crippen LogP) is 4.29. The van der Waals surface area contributed by atoms with Crippen LogP contribution in [0.3, 0.4) is 0 Å². The van der Waals surface area contributed by atoms with Gasteiger partial charge in [0, 0.05) is 6.07 Å². The summed E-state index contributed by atoms with van der Waals surface area (Å²) < 4.78 is 21.7. The number of hydrogen-bond acceptors (Lipinski definition) is 7. The molecule has 2 aromatic carbocycles. The molecule has 0 radical (unpaired) electrons. The Hall–Kier alpha value is -3.49. The lowest BCUT2D eigenvalue weighted by molar-refractivity contribution is -0.385. The summed E-state index contributed by atoms with van der Waals surface area (Å²) in [5.41, 5.74) is 0.262. The Kier molecular flexibility index (Phi) is 8.07. The molecule has 0 aliphatic rings. The molecule has 0 bridgehead atoms. The monoisotopic (exact) mass is 432 g/mol. The smallest absolute Gasteiger partial charge is 0.286 e. The van der Waals surface area contributed by atoms with E-state index in [1.165, 1.54) is 26.4 Å². The Labute approximate surface area is 181 Å².